The van der Waals surface area contributed by atoms with Crippen molar-refractivity contribution in [1.29, 1.82) is 0 Å². The van der Waals surface area contributed by atoms with E-state index in [0.717, 1.165) is 12.0 Å². The van der Waals surface area contributed by atoms with Gasteiger partial charge in [0, 0.05) is 25.1 Å². The number of amides is 2. The Morgan fingerprint density at radius 2 is 1.86 bits per heavy atom. The highest BCUT2D eigenvalue weighted by Gasteiger charge is 2.29. The van der Waals surface area contributed by atoms with E-state index in [1.165, 1.54) is 0 Å². The maximum absolute atomic E-state index is 12.8. The molecule has 0 radical (unpaired) electrons. The standard InChI is InChI=1S/C27H35N3O5/c1-18(2)21-15-24(35-25(16-21)34-14-6-5-13-31)27(33)29-17-19-9-11-20(12-10-19)26(32)30-23-8-4-3-7-22(23)28/h3-4,7-12,15,18,21,25,31H,5-6,13-14,16-17,28H2,1-2H3,(H,29,33)(H,30,32). The van der Waals surface area contributed by atoms with Gasteiger partial charge >= 0.3 is 0 Å². The number of nitrogen functional groups attached to an aromatic ring is 1. The second-order valence-electron chi connectivity index (χ2n) is 8.94. The first kappa shape index (κ1) is 26.2. The Morgan fingerprint density at radius 1 is 1.11 bits per heavy atom. The minimum absolute atomic E-state index is 0.129. The van der Waals surface area contributed by atoms with Crippen molar-refractivity contribution in [3.8, 4) is 0 Å². The van der Waals surface area contributed by atoms with Crippen LogP contribution in [0.5, 0.6) is 0 Å². The number of aliphatic hydroxyl groups excluding tert-OH is 1. The molecule has 2 atom stereocenters. The Kier molecular flexibility index (Phi) is 9.69. The van der Waals surface area contributed by atoms with Crippen LogP contribution in [0.1, 0.15) is 49.0 Å². The van der Waals surface area contributed by atoms with E-state index in [1.54, 1.807) is 48.5 Å². The summed E-state index contributed by atoms with van der Waals surface area (Å²) in [6.45, 7) is 5.11. The maximum Gasteiger partial charge on any atom is 0.286 e. The highest BCUT2D eigenvalue weighted by Crippen LogP contribution is 2.29. The van der Waals surface area contributed by atoms with Crippen molar-refractivity contribution in [2.45, 2.75) is 45.9 Å². The van der Waals surface area contributed by atoms with Crippen LogP contribution >= 0.6 is 0 Å². The van der Waals surface area contributed by atoms with Gasteiger partial charge in [0.25, 0.3) is 11.8 Å². The zero-order valence-electron chi connectivity index (χ0n) is 20.3. The normalized spacial score (nSPS) is 17.4. The molecule has 0 fully saturated rings. The number of hydrogen-bond acceptors (Lipinski definition) is 6. The fourth-order valence-electron chi connectivity index (χ4n) is 3.69. The fourth-order valence-corrected chi connectivity index (χ4v) is 3.69. The van der Waals surface area contributed by atoms with Gasteiger partial charge in [-0.25, -0.2) is 0 Å². The van der Waals surface area contributed by atoms with Gasteiger partial charge in [-0.3, -0.25) is 9.59 Å². The minimum atomic E-state index is -0.483. The lowest BCUT2D eigenvalue weighted by Crippen LogP contribution is -2.34. The average Bonchev–Trinajstić information content (AvgIpc) is 2.86. The minimum Gasteiger partial charge on any atom is -0.459 e. The van der Waals surface area contributed by atoms with Crippen LogP contribution in [0.3, 0.4) is 0 Å². The van der Waals surface area contributed by atoms with Crippen LogP contribution in [0.15, 0.2) is 60.4 Å². The van der Waals surface area contributed by atoms with Crippen molar-refractivity contribution < 1.29 is 24.2 Å². The summed E-state index contributed by atoms with van der Waals surface area (Å²) in [5.74, 6) is 0.210. The number of carbonyl (C=O) groups is 2. The van der Waals surface area contributed by atoms with Crippen LogP contribution in [0.4, 0.5) is 11.4 Å². The first-order valence-electron chi connectivity index (χ1n) is 12.0. The molecule has 0 spiro atoms. The van der Waals surface area contributed by atoms with Gasteiger partial charge < -0.3 is 30.9 Å². The number of allylic oxidation sites excluding steroid dienone is 1. The summed E-state index contributed by atoms with van der Waals surface area (Å²) >= 11 is 0. The Balaban J connectivity index is 1.54. The zero-order chi connectivity index (χ0) is 25.2. The molecule has 8 nitrogen and oxygen atoms in total. The number of carbonyl (C=O) groups excluding carboxylic acids is 2. The average molecular weight is 482 g/mol. The van der Waals surface area contributed by atoms with Crippen molar-refractivity contribution >= 4 is 23.2 Å². The Morgan fingerprint density at radius 3 is 2.54 bits per heavy atom. The Bertz CT molecular complexity index is 1020. The first-order chi connectivity index (χ1) is 16.9. The molecule has 1 aliphatic heterocycles. The number of nitrogens with one attached hydrogen (secondary N) is 2. The van der Waals surface area contributed by atoms with Crippen LogP contribution in [-0.4, -0.2) is 36.4 Å². The Labute approximate surface area is 206 Å². The molecule has 2 aromatic rings. The third-order valence-corrected chi connectivity index (χ3v) is 5.90. The quantitative estimate of drug-likeness (QED) is 0.286. The molecule has 0 saturated carbocycles. The number of benzene rings is 2. The number of aliphatic hydroxyl groups is 1. The maximum atomic E-state index is 12.8. The molecule has 35 heavy (non-hydrogen) atoms. The van der Waals surface area contributed by atoms with Crippen LogP contribution < -0.4 is 16.4 Å². The van der Waals surface area contributed by atoms with E-state index in [9.17, 15) is 9.59 Å². The molecular weight excluding hydrogens is 446 g/mol. The molecular formula is C27H35N3O5. The van der Waals surface area contributed by atoms with E-state index in [-0.39, 0.29) is 30.1 Å². The van der Waals surface area contributed by atoms with Crippen LogP contribution in [0.25, 0.3) is 0 Å². The van der Waals surface area contributed by atoms with Crippen molar-refractivity contribution in [3.63, 3.8) is 0 Å². The van der Waals surface area contributed by atoms with Gasteiger partial charge in [0.15, 0.2) is 5.76 Å². The van der Waals surface area contributed by atoms with Crippen molar-refractivity contribution in [1.82, 2.24) is 5.32 Å². The van der Waals surface area contributed by atoms with Crippen molar-refractivity contribution in [3.05, 3.63) is 71.5 Å². The number of nitrogens with two attached hydrogens (primary N) is 1. The molecule has 0 aromatic heterocycles. The molecule has 1 aliphatic rings. The lowest BCUT2D eigenvalue weighted by molar-refractivity contribution is -0.150. The molecule has 188 valence electrons. The van der Waals surface area contributed by atoms with Gasteiger partial charge in [0.05, 0.1) is 18.0 Å². The lowest BCUT2D eigenvalue weighted by Gasteiger charge is -2.30. The second-order valence-corrected chi connectivity index (χ2v) is 8.94. The van der Waals surface area contributed by atoms with E-state index >= 15 is 0 Å². The number of hydrogen-bond donors (Lipinski definition) is 4. The number of unbranched alkanes of at least 4 members (excludes halogenated alkanes) is 1. The zero-order valence-corrected chi connectivity index (χ0v) is 20.3. The summed E-state index contributed by atoms with van der Waals surface area (Å²) in [6.07, 6.45) is 3.48. The van der Waals surface area contributed by atoms with Crippen molar-refractivity contribution in [2.75, 3.05) is 24.3 Å². The summed E-state index contributed by atoms with van der Waals surface area (Å²) in [4.78, 5) is 25.3. The van der Waals surface area contributed by atoms with Gasteiger partial charge in [-0.2, -0.15) is 0 Å². The monoisotopic (exact) mass is 481 g/mol. The smallest absolute Gasteiger partial charge is 0.286 e. The molecule has 1 heterocycles. The Hall–Kier alpha value is -3.36. The molecule has 0 aliphatic carbocycles. The number of rotatable bonds is 11. The van der Waals surface area contributed by atoms with E-state index < -0.39 is 6.29 Å². The van der Waals surface area contributed by atoms with E-state index in [1.807, 2.05) is 6.08 Å². The van der Waals surface area contributed by atoms with Gasteiger partial charge in [-0.05, 0) is 60.6 Å². The summed E-state index contributed by atoms with van der Waals surface area (Å²) in [7, 11) is 0. The van der Waals surface area contributed by atoms with E-state index in [4.69, 9.17) is 20.3 Å². The summed E-state index contributed by atoms with van der Waals surface area (Å²) in [6, 6.07) is 14.1. The van der Waals surface area contributed by atoms with Gasteiger partial charge in [-0.15, -0.1) is 0 Å². The number of anilines is 2. The summed E-state index contributed by atoms with van der Waals surface area (Å²) in [5, 5.41) is 14.6. The molecule has 2 unspecified atom stereocenters. The molecule has 0 bridgehead atoms. The third-order valence-electron chi connectivity index (χ3n) is 5.90. The van der Waals surface area contributed by atoms with Gasteiger partial charge in [-0.1, -0.05) is 38.1 Å². The van der Waals surface area contributed by atoms with E-state index in [2.05, 4.69) is 24.5 Å². The molecule has 0 saturated heterocycles. The highest BCUT2D eigenvalue weighted by molar-refractivity contribution is 6.05. The first-order valence-corrected chi connectivity index (χ1v) is 12.0. The predicted molar refractivity (Wildman–Crippen MR) is 135 cm³/mol. The molecule has 2 amide bonds. The summed E-state index contributed by atoms with van der Waals surface area (Å²) < 4.78 is 11.6. The molecule has 5 N–H and O–H groups in total. The van der Waals surface area contributed by atoms with E-state index in [0.29, 0.717) is 48.8 Å². The summed E-state index contributed by atoms with van der Waals surface area (Å²) in [5.41, 5.74) is 8.28. The predicted octanol–water partition coefficient (Wildman–Crippen LogP) is 3.83. The largest absolute Gasteiger partial charge is 0.459 e. The molecule has 3 rings (SSSR count). The lowest BCUT2D eigenvalue weighted by atomic mass is 9.90. The van der Waals surface area contributed by atoms with Gasteiger partial charge in [0.1, 0.15) is 0 Å². The van der Waals surface area contributed by atoms with Crippen LogP contribution in [0.2, 0.25) is 0 Å². The number of para-hydroxylation sites is 2. The van der Waals surface area contributed by atoms with Crippen molar-refractivity contribution in [2.24, 2.45) is 11.8 Å². The number of ether oxygens (including phenoxy) is 2. The topological polar surface area (TPSA) is 123 Å². The second kappa shape index (κ2) is 12.9. The fraction of sp³-hybridized carbons (Fsp3) is 0.407. The SMILES string of the molecule is CC(C)C1C=C(C(=O)NCc2ccc(C(=O)Nc3ccccc3N)cc2)OC(OCCCCO)C1. The molecule has 2 aromatic carbocycles. The van der Waals surface area contributed by atoms with Gasteiger partial charge in [0.2, 0.25) is 6.29 Å². The highest BCUT2D eigenvalue weighted by atomic mass is 16.7. The van der Waals surface area contributed by atoms with Crippen LogP contribution in [-0.2, 0) is 20.8 Å². The molecule has 8 heteroatoms. The third kappa shape index (κ3) is 7.83. The van der Waals surface area contributed by atoms with Crippen LogP contribution in [0, 0.1) is 11.8 Å².